The minimum atomic E-state index is -0.233. The summed E-state index contributed by atoms with van der Waals surface area (Å²) in [6.45, 7) is 0. The SMILES string of the molecule is O=C(/C=C/c1c(O)ccc2ccccc12)c1cccc(O)c1. The van der Waals surface area contributed by atoms with Gasteiger partial charge in [-0.2, -0.15) is 0 Å². The van der Waals surface area contributed by atoms with Gasteiger partial charge in [0, 0.05) is 11.1 Å². The van der Waals surface area contributed by atoms with E-state index >= 15 is 0 Å². The summed E-state index contributed by atoms with van der Waals surface area (Å²) in [5, 5.41) is 21.3. The van der Waals surface area contributed by atoms with Crippen LogP contribution in [0.25, 0.3) is 16.8 Å². The third kappa shape index (κ3) is 2.69. The Balaban J connectivity index is 1.99. The molecular weight excluding hydrogens is 276 g/mol. The Morgan fingerprint density at radius 3 is 2.55 bits per heavy atom. The minimum Gasteiger partial charge on any atom is -0.508 e. The number of benzene rings is 3. The standard InChI is InChI=1S/C19H14O3/c20-15-6-3-5-14(12-15)18(21)11-9-17-16-7-2-1-4-13(16)8-10-19(17)22/h1-12,20,22H/b11-9+. The van der Waals surface area contributed by atoms with Crippen molar-refractivity contribution in [3.63, 3.8) is 0 Å². The van der Waals surface area contributed by atoms with E-state index in [9.17, 15) is 15.0 Å². The zero-order valence-electron chi connectivity index (χ0n) is 11.7. The lowest BCUT2D eigenvalue weighted by molar-refractivity contribution is 0.104. The van der Waals surface area contributed by atoms with Crippen molar-refractivity contribution in [3.05, 3.63) is 77.9 Å². The summed E-state index contributed by atoms with van der Waals surface area (Å²) in [5.74, 6) is -0.0610. The first kappa shape index (κ1) is 13.9. The van der Waals surface area contributed by atoms with Crippen LogP contribution in [0.15, 0.2) is 66.7 Å². The van der Waals surface area contributed by atoms with E-state index in [1.54, 1.807) is 24.3 Å². The van der Waals surface area contributed by atoms with Crippen LogP contribution in [0.5, 0.6) is 11.5 Å². The molecule has 0 heterocycles. The predicted molar refractivity (Wildman–Crippen MR) is 87.1 cm³/mol. The Morgan fingerprint density at radius 2 is 1.73 bits per heavy atom. The van der Waals surface area contributed by atoms with Gasteiger partial charge in [0.1, 0.15) is 11.5 Å². The lowest BCUT2D eigenvalue weighted by atomic mass is 10.0. The highest BCUT2D eigenvalue weighted by molar-refractivity contribution is 6.08. The molecule has 3 nitrogen and oxygen atoms in total. The second-order valence-electron chi connectivity index (χ2n) is 4.97. The zero-order chi connectivity index (χ0) is 15.5. The quantitative estimate of drug-likeness (QED) is 0.563. The molecule has 0 atom stereocenters. The van der Waals surface area contributed by atoms with Gasteiger partial charge in [-0.15, -0.1) is 0 Å². The molecule has 3 aromatic carbocycles. The van der Waals surface area contributed by atoms with Gasteiger partial charge in [0.25, 0.3) is 0 Å². The number of aromatic hydroxyl groups is 2. The molecule has 3 rings (SSSR count). The van der Waals surface area contributed by atoms with Crippen molar-refractivity contribution in [2.75, 3.05) is 0 Å². The van der Waals surface area contributed by atoms with Crippen molar-refractivity contribution in [3.8, 4) is 11.5 Å². The van der Waals surface area contributed by atoms with Crippen molar-refractivity contribution in [1.82, 2.24) is 0 Å². The predicted octanol–water partition coefficient (Wildman–Crippen LogP) is 4.15. The molecule has 0 amide bonds. The van der Waals surface area contributed by atoms with E-state index in [1.807, 2.05) is 30.3 Å². The molecule has 0 aromatic heterocycles. The largest absolute Gasteiger partial charge is 0.508 e. The van der Waals surface area contributed by atoms with Gasteiger partial charge in [0.2, 0.25) is 0 Å². The maximum absolute atomic E-state index is 12.1. The number of allylic oxidation sites excluding steroid dienone is 1. The van der Waals surface area contributed by atoms with E-state index in [4.69, 9.17) is 0 Å². The van der Waals surface area contributed by atoms with Gasteiger partial charge in [0.15, 0.2) is 5.78 Å². The number of rotatable bonds is 3. The van der Waals surface area contributed by atoms with Crippen LogP contribution >= 0.6 is 0 Å². The molecule has 0 aliphatic rings. The summed E-state index contributed by atoms with van der Waals surface area (Å²) in [4.78, 5) is 12.1. The summed E-state index contributed by atoms with van der Waals surface area (Å²) < 4.78 is 0. The third-order valence-electron chi connectivity index (χ3n) is 3.48. The van der Waals surface area contributed by atoms with Gasteiger partial charge in [-0.3, -0.25) is 4.79 Å². The van der Waals surface area contributed by atoms with Crippen LogP contribution in [0.2, 0.25) is 0 Å². The van der Waals surface area contributed by atoms with Crippen molar-refractivity contribution >= 4 is 22.6 Å². The highest BCUT2D eigenvalue weighted by atomic mass is 16.3. The first-order chi connectivity index (χ1) is 10.6. The Labute approximate surface area is 127 Å². The number of fused-ring (bicyclic) bond motifs is 1. The van der Waals surface area contributed by atoms with E-state index in [0.29, 0.717) is 11.1 Å². The first-order valence-corrected chi connectivity index (χ1v) is 6.87. The Hall–Kier alpha value is -3.07. The fraction of sp³-hybridized carbons (Fsp3) is 0. The molecule has 0 saturated heterocycles. The normalized spacial score (nSPS) is 11.1. The molecule has 0 aliphatic carbocycles. The summed E-state index contributed by atoms with van der Waals surface area (Å²) in [6, 6.07) is 17.3. The zero-order valence-corrected chi connectivity index (χ0v) is 11.7. The maximum atomic E-state index is 12.1. The van der Waals surface area contributed by atoms with Crippen molar-refractivity contribution in [2.45, 2.75) is 0 Å². The Morgan fingerprint density at radius 1 is 0.909 bits per heavy atom. The monoisotopic (exact) mass is 290 g/mol. The number of phenolic OH excluding ortho intramolecular Hbond substituents is 2. The van der Waals surface area contributed by atoms with E-state index in [1.165, 1.54) is 18.2 Å². The number of carbonyl (C=O) groups is 1. The fourth-order valence-corrected chi connectivity index (χ4v) is 2.37. The van der Waals surface area contributed by atoms with E-state index in [-0.39, 0.29) is 17.3 Å². The third-order valence-corrected chi connectivity index (χ3v) is 3.48. The van der Waals surface area contributed by atoms with Crippen molar-refractivity contribution in [1.29, 1.82) is 0 Å². The van der Waals surface area contributed by atoms with Crippen LogP contribution in [-0.4, -0.2) is 16.0 Å². The molecule has 22 heavy (non-hydrogen) atoms. The molecule has 0 saturated carbocycles. The summed E-state index contributed by atoms with van der Waals surface area (Å²) in [6.07, 6.45) is 3.00. The number of hydrogen-bond donors (Lipinski definition) is 2. The van der Waals surface area contributed by atoms with Crippen LogP contribution in [-0.2, 0) is 0 Å². The summed E-state index contributed by atoms with van der Waals surface area (Å²) >= 11 is 0. The molecule has 3 aromatic rings. The lowest BCUT2D eigenvalue weighted by Gasteiger charge is -2.05. The van der Waals surface area contributed by atoms with Crippen LogP contribution in [0, 0.1) is 0 Å². The average molecular weight is 290 g/mol. The van der Waals surface area contributed by atoms with Crippen molar-refractivity contribution < 1.29 is 15.0 Å². The minimum absolute atomic E-state index is 0.0484. The highest BCUT2D eigenvalue weighted by Gasteiger charge is 2.06. The molecule has 0 fully saturated rings. The Bertz CT molecular complexity index is 879. The van der Waals surface area contributed by atoms with E-state index in [0.717, 1.165) is 10.8 Å². The number of phenols is 2. The Kier molecular flexibility index (Phi) is 3.62. The van der Waals surface area contributed by atoms with Gasteiger partial charge >= 0.3 is 0 Å². The summed E-state index contributed by atoms with van der Waals surface area (Å²) in [5.41, 5.74) is 1.00. The van der Waals surface area contributed by atoms with Gasteiger partial charge in [-0.25, -0.2) is 0 Å². The lowest BCUT2D eigenvalue weighted by Crippen LogP contribution is -1.93. The maximum Gasteiger partial charge on any atom is 0.185 e. The topological polar surface area (TPSA) is 57.5 Å². The number of hydrogen-bond acceptors (Lipinski definition) is 3. The molecule has 0 bridgehead atoms. The molecule has 3 heteroatoms. The van der Waals surface area contributed by atoms with Gasteiger partial charge in [-0.05, 0) is 41.1 Å². The summed E-state index contributed by atoms with van der Waals surface area (Å²) in [7, 11) is 0. The molecular formula is C19H14O3. The molecule has 0 aliphatic heterocycles. The molecule has 108 valence electrons. The first-order valence-electron chi connectivity index (χ1n) is 6.87. The molecule has 0 radical (unpaired) electrons. The van der Waals surface area contributed by atoms with Crippen LogP contribution in [0.3, 0.4) is 0 Å². The molecule has 0 unspecified atom stereocenters. The average Bonchev–Trinajstić information content (AvgIpc) is 2.53. The van der Waals surface area contributed by atoms with Crippen LogP contribution in [0.4, 0.5) is 0 Å². The van der Waals surface area contributed by atoms with Crippen LogP contribution in [0.1, 0.15) is 15.9 Å². The highest BCUT2D eigenvalue weighted by Crippen LogP contribution is 2.28. The van der Waals surface area contributed by atoms with Gasteiger partial charge in [-0.1, -0.05) is 42.5 Å². The van der Waals surface area contributed by atoms with Gasteiger partial charge in [0.05, 0.1) is 0 Å². The van der Waals surface area contributed by atoms with Crippen LogP contribution < -0.4 is 0 Å². The second kappa shape index (κ2) is 5.74. The van der Waals surface area contributed by atoms with E-state index < -0.39 is 0 Å². The fourth-order valence-electron chi connectivity index (χ4n) is 2.37. The second-order valence-corrected chi connectivity index (χ2v) is 4.97. The number of carbonyl (C=O) groups excluding carboxylic acids is 1. The molecule has 2 N–H and O–H groups in total. The van der Waals surface area contributed by atoms with Gasteiger partial charge < -0.3 is 10.2 Å². The van der Waals surface area contributed by atoms with Crippen molar-refractivity contribution in [2.24, 2.45) is 0 Å². The van der Waals surface area contributed by atoms with E-state index in [2.05, 4.69) is 0 Å². The smallest absolute Gasteiger partial charge is 0.185 e. The molecule has 0 spiro atoms. The number of ketones is 1.